The second-order valence-electron chi connectivity index (χ2n) is 5.18. The van der Waals surface area contributed by atoms with Crippen LogP contribution in [0.5, 0.6) is 0 Å². The predicted octanol–water partition coefficient (Wildman–Crippen LogP) is 2.52. The van der Waals surface area contributed by atoms with E-state index in [1.54, 1.807) is 6.20 Å². The molecule has 0 aliphatic carbocycles. The number of hydrogen-bond donors (Lipinski definition) is 2. The zero-order chi connectivity index (χ0) is 14.7. The monoisotopic (exact) mass is 279 g/mol. The van der Waals surface area contributed by atoms with Crippen LogP contribution in [0.3, 0.4) is 0 Å². The Labute approximate surface area is 122 Å². The van der Waals surface area contributed by atoms with Crippen LogP contribution in [-0.4, -0.2) is 9.97 Å². The van der Waals surface area contributed by atoms with Gasteiger partial charge in [0.2, 0.25) is 0 Å². The van der Waals surface area contributed by atoms with Crippen LogP contribution in [0.25, 0.3) is 10.9 Å². The number of aromatic amines is 1. The first-order valence-corrected chi connectivity index (χ1v) is 6.94. The van der Waals surface area contributed by atoms with Crippen molar-refractivity contribution in [1.29, 1.82) is 0 Å². The van der Waals surface area contributed by atoms with E-state index < -0.39 is 0 Å². The van der Waals surface area contributed by atoms with Gasteiger partial charge in [0.05, 0.1) is 0 Å². The van der Waals surface area contributed by atoms with E-state index in [4.69, 9.17) is 0 Å². The summed E-state index contributed by atoms with van der Waals surface area (Å²) in [6, 6.07) is 11.9. The van der Waals surface area contributed by atoms with Crippen LogP contribution in [0.4, 0.5) is 0 Å². The first-order valence-electron chi connectivity index (χ1n) is 6.94. The third-order valence-electron chi connectivity index (χ3n) is 3.44. The molecule has 2 heterocycles. The topological polar surface area (TPSA) is 57.8 Å². The Bertz CT molecular complexity index is 809. The minimum absolute atomic E-state index is 0.0370. The number of nitrogens with zero attached hydrogens (tertiary/aromatic N) is 1. The molecule has 4 heteroatoms. The van der Waals surface area contributed by atoms with E-state index >= 15 is 0 Å². The van der Waals surface area contributed by atoms with Crippen LogP contribution in [-0.2, 0) is 13.1 Å². The number of rotatable bonds is 4. The van der Waals surface area contributed by atoms with Gasteiger partial charge in [0, 0.05) is 36.6 Å². The van der Waals surface area contributed by atoms with Gasteiger partial charge in [0.15, 0.2) is 0 Å². The molecule has 0 aliphatic heterocycles. The number of aryl methyl sites for hydroxylation is 1. The molecule has 0 unspecified atom stereocenters. The molecular formula is C17H17N3O. The Kier molecular flexibility index (Phi) is 3.79. The van der Waals surface area contributed by atoms with Gasteiger partial charge in [0.25, 0.3) is 5.56 Å². The summed E-state index contributed by atoms with van der Waals surface area (Å²) in [7, 11) is 0. The molecule has 0 saturated carbocycles. The molecule has 0 bridgehead atoms. The lowest BCUT2D eigenvalue weighted by Gasteiger charge is -2.06. The van der Waals surface area contributed by atoms with Crippen LogP contribution in [0, 0.1) is 6.92 Å². The van der Waals surface area contributed by atoms with Crippen molar-refractivity contribution in [3.8, 4) is 0 Å². The number of pyridine rings is 2. The molecule has 1 aromatic carbocycles. The standard InChI is InChI=1S/C17H17N3O/c1-12-4-5-16-14(7-12)8-15(17(21)20-16)11-19-10-13-3-2-6-18-9-13/h2-9,19H,10-11H2,1H3,(H,20,21). The third-order valence-corrected chi connectivity index (χ3v) is 3.44. The van der Waals surface area contributed by atoms with E-state index in [1.807, 2.05) is 43.5 Å². The predicted molar refractivity (Wildman–Crippen MR) is 84.1 cm³/mol. The maximum atomic E-state index is 12.1. The van der Waals surface area contributed by atoms with E-state index in [2.05, 4.69) is 21.4 Å². The van der Waals surface area contributed by atoms with Gasteiger partial charge in [0.1, 0.15) is 0 Å². The average molecular weight is 279 g/mol. The van der Waals surface area contributed by atoms with Crippen molar-refractivity contribution in [3.63, 3.8) is 0 Å². The fourth-order valence-corrected chi connectivity index (χ4v) is 2.35. The molecule has 2 N–H and O–H groups in total. The van der Waals surface area contributed by atoms with Gasteiger partial charge in [-0.05, 0) is 42.1 Å². The van der Waals surface area contributed by atoms with Crippen LogP contribution in [0.2, 0.25) is 0 Å². The molecule has 21 heavy (non-hydrogen) atoms. The molecule has 3 rings (SSSR count). The first kappa shape index (κ1) is 13.5. The highest BCUT2D eigenvalue weighted by molar-refractivity contribution is 5.79. The second-order valence-corrected chi connectivity index (χ2v) is 5.18. The van der Waals surface area contributed by atoms with Crippen molar-refractivity contribution >= 4 is 10.9 Å². The third kappa shape index (κ3) is 3.17. The molecule has 0 radical (unpaired) electrons. The Hall–Kier alpha value is -2.46. The zero-order valence-electron chi connectivity index (χ0n) is 11.9. The number of hydrogen-bond acceptors (Lipinski definition) is 3. The summed E-state index contributed by atoms with van der Waals surface area (Å²) in [5, 5.41) is 4.34. The van der Waals surface area contributed by atoms with Crippen molar-refractivity contribution in [2.45, 2.75) is 20.0 Å². The van der Waals surface area contributed by atoms with Crippen molar-refractivity contribution < 1.29 is 0 Å². The Morgan fingerprint density at radius 1 is 1.19 bits per heavy atom. The maximum Gasteiger partial charge on any atom is 0.252 e. The van der Waals surface area contributed by atoms with Crippen LogP contribution in [0.1, 0.15) is 16.7 Å². The highest BCUT2D eigenvalue weighted by atomic mass is 16.1. The van der Waals surface area contributed by atoms with E-state index in [0.29, 0.717) is 13.1 Å². The fraction of sp³-hybridized carbons (Fsp3) is 0.176. The summed E-state index contributed by atoms with van der Waals surface area (Å²) in [6.07, 6.45) is 3.57. The van der Waals surface area contributed by atoms with Gasteiger partial charge in [-0.3, -0.25) is 9.78 Å². The molecular weight excluding hydrogens is 262 g/mol. The number of aromatic nitrogens is 2. The van der Waals surface area contributed by atoms with E-state index in [0.717, 1.165) is 22.0 Å². The van der Waals surface area contributed by atoms with Gasteiger partial charge < -0.3 is 10.3 Å². The molecule has 0 saturated heterocycles. The van der Waals surface area contributed by atoms with Crippen molar-refractivity contribution in [1.82, 2.24) is 15.3 Å². The summed E-state index contributed by atoms with van der Waals surface area (Å²) in [6.45, 7) is 3.28. The lowest BCUT2D eigenvalue weighted by Crippen LogP contribution is -2.20. The highest BCUT2D eigenvalue weighted by Crippen LogP contribution is 2.13. The van der Waals surface area contributed by atoms with Gasteiger partial charge >= 0.3 is 0 Å². The van der Waals surface area contributed by atoms with Crippen molar-refractivity contribution in [2.75, 3.05) is 0 Å². The lowest BCUT2D eigenvalue weighted by molar-refractivity contribution is 0.687. The van der Waals surface area contributed by atoms with E-state index in [-0.39, 0.29) is 5.56 Å². The molecule has 0 atom stereocenters. The van der Waals surface area contributed by atoms with Gasteiger partial charge in [-0.25, -0.2) is 0 Å². The number of nitrogens with one attached hydrogen (secondary N) is 2. The minimum atomic E-state index is -0.0370. The van der Waals surface area contributed by atoms with E-state index in [1.165, 1.54) is 5.56 Å². The molecule has 0 amide bonds. The minimum Gasteiger partial charge on any atom is -0.322 e. The highest BCUT2D eigenvalue weighted by Gasteiger charge is 2.03. The van der Waals surface area contributed by atoms with Crippen molar-refractivity contribution in [3.05, 3.63) is 75.8 Å². The van der Waals surface area contributed by atoms with Crippen LogP contribution < -0.4 is 10.9 Å². The molecule has 0 fully saturated rings. The summed E-state index contributed by atoms with van der Waals surface area (Å²) in [5.74, 6) is 0. The zero-order valence-corrected chi connectivity index (χ0v) is 11.9. The number of benzene rings is 1. The molecule has 0 aliphatic rings. The second kappa shape index (κ2) is 5.89. The number of fused-ring (bicyclic) bond motifs is 1. The summed E-state index contributed by atoms with van der Waals surface area (Å²) < 4.78 is 0. The van der Waals surface area contributed by atoms with Crippen LogP contribution in [0.15, 0.2) is 53.6 Å². The fourth-order valence-electron chi connectivity index (χ4n) is 2.35. The van der Waals surface area contributed by atoms with E-state index in [9.17, 15) is 4.79 Å². The van der Waals surface area contributed by atoms with Gasteiger partial charge in [-0.2, -0.15) is 0 Å². The summed E-state index contributed by atoms with van der Waals surface area (Å²) in [5.41, 5.74) is 3.87. The van der Waals surface area contributed by atoms with Crippen LogP contribution >= 0.6 is 0 Å². The van der Waals surface area contributed by atoms with Crippen molar-refractivity contribution in [2.24, 2.45) is 0 Å². The smallest absolute Gasteiger partial charge is 0.252 e. The Balaban J connectivity index is 1.77. The Morgan fingerprint density at radius 2 is 2.10 bits per heavy atom. The molecule has 106 valence electrons. The SMILES string of the molecule is Cc1ccc2[nH]c(=O)c(CNCc3cccnc3)cc2c1. The maximum absolute atomic E-state index is 12.1. The normalized spacial score (nSPS) is 10.9. The summed E-state index contributed by atoms with van der Waals surface area (Å²) in [4.78, 5) is 19.0. The largest absolute Gasteiger partial charge is 0.322 e. The summed E-state index contributed by atoms with van der Waals surface area (Å²) >= 11 is 0. The molecule has 2 aromatic heterocycles. The average Bonchev–Trinajstić information content (AvgIpc) is 2.49. The quantitative estimate of drug-likeness (QED) is 0.771. The Morgan fingerprint density at radius 3 is 2.90 bits per heavy atom. The number of H-pyrrole nitrogens is 1. The molecule has 3 aromatic rings. The lowest BCUT2D eigenvalue weighted by atomic mass is 10.1. The van der Waals surface area contributed by atoms with Gasteiger partial charge in [-0.1, -0.05) is 17.7 Å². The molecule has 0 spiro atoms. The first-order chi connectivity index (χ1) is 10.2. The molecule has 4 nitrogen and oxygen atoms in total. The van der Waals surface area contributed by atoms with Gasteiger partial charge in [-0.15, -0.1) is 0 Å².